The van der Waals surface area contributed by atoms with Crippen molar-refractivity contribution < 1.29 is 19.1 Å². The number of ether oxygens (including phenoxy) is 1. The number of esters is 1. The van der Waals surface area contributed by atoms with E-state index in [1.54, 1.807) is 0 Å². The lowest BCUT2D eigenvalue weighted by molar-refractivity contribution is -0.162. The van der Waals surface area contributed by atoms with E-state index >= 15 is 0 Å². The van der Waals surface area contributed by atoms with E-state index < -0.39 is 28.4 Å². The third-order valence-electron chi connectivity index (χ3n) is 4.24. The largest absolute Gasteiger partial charge is 0.468 e. The highest BCUT2D eigenvalue weighted by molar-refractivity contribution is 6.47. The zero-order valence-corrected chi connectivity index (χ0v) is 9.12. The first-order chi connectivity index (χ1) is 6.89. The zero-order chi connectivity index (χ0) is 11.4. The number of rotatable bonds is 1. The Morgan fingerprint density at radius 3 is 2.40 bits per heavy atom. The average Bonchev–Trinajstić information content (AvgIpc) is 2.53. The Morgan fingerprint density at radius 2 is 2.00 bits per heavy atom. The molecule has 4 nitrogen and oxygen atoms in total. The van der Waals surface area contributed by atoms with Gasteiger partial charge in [0.15, 0.2) is 0 Å². The molecule has 0 saturated heterocycles. The van der Waals surface area contributed by atoms with Crippen molar-refractivity contribution in [2.75, 3.05) is 7.11 Å². The maximum atomic E-state index is 11.9. The van der Waals surface area contributed by atoms with Crippen LogP contribution in [0.3, 0.4) is 0 Å². The molecule has 0 radical (unpaired) electrons. The molecule has 2 aliphatic carbocycles. The molecule has 0 aromatic rings. The van der Waals surface area contributed by atoms with E-state index in [-0.39, 0.29) is 5.92 Å². The third kappa shape index (κ3) is 0.856. The molecular formula is C11H14O4. The Bertz CT molecular complexity index is 369. The van der Waals surface area contributed by atoms with E-state index in [1.165, 1.54) is 7.11 Å². The van der Waals surface area contributed by atoms with Crippen molar-refractivity contribution in [1.82, 2.24) is 0 Å². The second kappa shape index (κ2) is 2.68. The van der Waals surface area contributed by atoms with Crippen LogP contribution in [-0.2, 0) is 19.1 Å². The number of carbonyl (C=O) groups is 3. The molecule has 0 aromatic carbocycles. The van der Waals surface area contributed by atoms with Crippen LogP contribution in [0.1, 0.15) is 26.7 Å². The second-order valence-corrected chi connectivity index (χ2v) is 4.90. The minimum absolute atomic E-state index is 0.302. The van der Waals surface area contributed by atoms with Crippen LogP contribution in [0.25, 0.3) is 0 Å². The quantitative estimate of drug-likeness (QED) is 0.364. The summed E-state index contributed by atoms with van der Waals surface area (Å²) < 4.78 is 4.70. The molecule has 2 rings (SSSR count). The van der Waals surface area contributed by atoms with Gasteiger partial charge in [-0.3, -0.25) is 14.4 Å². The van der Waals surface area contributed by atoms with Gasteiger partial charge in [0.1, 0.15) is 5.41 Å². The fourth-order valence-corrected chi connectivity index (χ4v) is 3.21. The summed E-state index contributed by atoms with van der Waals surface area (Å²) in [5, 5.41) is 0. The standard InChI is InChI=1S/C11H14O4/c1-10(2)6-4-5-11(10,9(14)15-3)8(13)7(6)12/h6H,4-5H2,1-3H3/t6-,11+/m0/s1. The van der Waals surface area contributed by atoms with Crippen molar-refractivity contribution in [1.29, 1.82) is 0 Å². The van der Waals surface area contributed by atoms with Crippen LogP contribution < -0.4 is 0 Å². The summed E-state index contributed by atoms with van der Waals surface area (Å²) in [7, 11) is 1.26. The SMILES string of the molecule is COC(=O)[C@@]12CC[C@@H](C(=O)C1=O)C2(C)C. The first-order valence-corrected chi connectivity index (χ1v) is 5.06. The van der Waals surface area contributed by atoms with Crippen molar-refractivity contribution in [2.45, 2.75) is 26.7 Å². The fraction of sp³-hybridized carbons (Fsp3) is 0.727. The van der Waals surface area contributed by atoms with Crippen LogP contribution in [0.5, 0.6) is 0 Å². The van der Waals surface area contributed by atoms with Gasteiger partial charge in [0.05, 0.1) is 7.11 Å². The minimum atomic E-state index is -1.20. The number of ketones is 2. The van der Waals surface area contributed by atoms with E-state index in [9.17, 15) is 14.4 Å². The summed E-state index contributed by atoms with van der Waals surface area (Å²) in [6, 6.07) is 0. The third-order valence-corrected chi connectivity index (χ3v) is 4.24. The van der Waals surface area contributed by atoms with Gasteiger partial charge in [-0.1, -0.05) is 13.8 Å². The minimum Gasteiger partial charge on any atom is -0.468 e. The summed E-state index contributed by atoms with van der Waals surface area (Å²) in [6.45, 7) is 3.62. The summed E-state index contributed by atoms with van der Waals surface area (Å²) >= 11 is 0. The lowest BCUT2D eigenvalue weighted by atomic mass is 9.69. The molecule has 0 amide bonds. The van der Waals surface area contributed by atoms with E-state index in [0.29, 0.717) is 12.8 Å². The molecule has 2 aliphatic rings. The first kappa shape index (κ1) is 10.3. The van der Waals surface area contributed by atoms with E-state index in [1.807, 2.05) is 13.8 Å². The van der Waals surface area contributed by atoms with Crippen LogP contribution in [0.15, 0.2) is 0 Å². The van der Waals surface area contributed by atoms with Gasteiger partial charge in [-0.05, 0) is 18.3 Å². The van der Waals surface area contributed by atoms with Crippen molar-refractivity contribution in [3.8, 4) is 0 Å². The topological polar surface area (TPSA) is 60.4 Å². The highest BCUT2D eigenvalue weighted by Gasteiger charge is 2.73. The smallest absolute Gasteiger partial charge is 0.320 e. The number of carbonyl (C=O) groups excluding carboxylic acids is 3. The predicted molar refractivity (Wildman–Crippen MR) is 51.0 cm³/mol. The molecule has 15 heavy (non-hydrogen) atoms. The van der Waals surface area contributed by atoms with Crippen molar-refractivity contribution in [3.05, 3.63) is 0 Å². The number of fused-ring (bicyclic) bond motifs is 2. The van der Waals surface area contributed by atoms with Gasteiger partial charge in [-0.15, -0.1) is 0 Å². The highest BCUT2D eigenvalue weighted by atomic mass is 16.5. The fourth-order valence-electron chi connectivity index (χ4n) is 3.21. The summed E-state index contributed by atoms with van der Waals surface area (Å²) in [4.78, 5) is 35.3. The number of Topliss-reactive ketones (excluding diaryl/α,β-unsaturated/α-hetero) is 2. The Balaban J connectivity index is 2.59. The monoisotopic (exact) mass is 210 g/mol. The van der Waals surface area contributed by atoms with Gasteiger partial charge in [0, 0.05) is 5.92 Å². The van der Waals surface area contributed by atoms with Gasteiger partial charge in [0.2, 0.25) is 11.6 Å². The maximum Gasteiger partial charge on any atom is 0.320 e. The van der Waals surface area contributed by atoms with Crippen LogP contribution in [0.2, 0.25) is 0 Å². The van der Waals surface area contributed by atoms with Crippen LogP contribution >= 0.6 is 0 Å². The number of methoxy groups -OCH3 is 1. The summed E-state index contributed by atoms with van der Waals surface area (Å²) in [5.74, 6) is -1.79. The zero-order valence-electron chi connectivity index (χ0n) is 9.12. The Morgan fingerprint density at radius 1 is 1.40 bits per heavy atom. The van der Waals surface area contributed by atoms with Crippen LogP contribution in [-0.4, -0.2) is 24.6 Å². The van der Waals surface area contributed by atoms with Gasteiger partial charge in [0.25, 0.3) is 0 Å². The average molecular weight is 210 g/mol. The molecule has 0 aliphatic heterocycles. The lowest BCUT2D eigenvalue weighted by Crippen LogP contribution is -2.45. The Kier molecular flexibility index (Phi) is 1.85. The molecule has 0 unspecified atom stereocenters. The summed E-state index contributed by atoms with van der Waals surface area (Å²) in [5.41, 5.74) is -1.79. The molecule has 2 atom stereocenters. The Labute approximate surface area is 88.0 Å². The molecule has 2 saturated carbocycles. The molecule has 2 bridgehead atoms. The number of hydrogen-bond donors (Lipinski definition) is 0. The van der Waals surface area contributed by atoms with Crippen LogP contribution in [0.4, 0.5) is 0 Å². The molecular weight excluding hydrogens is 196 g/mol. The van der Waals surface area contributed by atoms with E-state index in [0.717, 1.165) is 0 Å². The summed E-state index contributed by atoms with van der Waals surface area (Å²) in [6.07, 6.45) is 1.06. The van der Waals surface area contributed by atoms with E-state index in [2.05, 4.69) is 0 Å². The van der Waals surface area contributed by atoms with Crippen LogP contribution in [0, 0.1) is 16.7 Å². The Hall–Kier alpha value is -1.19. The lowest BCUT2D eigenvalue weighted by Gasteiger charge is -2.32. The molecule has 0 spiro atoms. The highest BCUT2D eigenvalue weighted by Crippen LogP contribution is 2.62. The molecule has 2 fully saturated rings. The normalized spacial score (nSPS) is 37.1. The predicted octanol–water partition coefficient (Wildman–Crippen LogP) is 0.734. The maximum absolute atomic E-state index is 11.9. The first-order valence-electron chi connectivity index (χ1n) is 5.06. The van der Waals surface area contributed by atoms with Gasteiger partial charge in [-0.25, -0.2) is 0 Å². The van der Waals surface area contributed by atoms with Gasteiger partial charge in [-0.2, -0.15) is 0 Å². The second-order valence-electron chi connectivity index (χ2n) is 4.90. The van der Waals surface area contributed by atoms with E-state index in [4.69, 9.17) is 4.74 Å². The molecule has 0 aromatic heterocycles. The molecule has 4 heteroatoms. The van der Waals surface area contributed by atoms with Gasteiger partial charge >= 0.3 is 5.97 Å². The molecule has 0 N–H and O–H groups in total. The molecule has 0 heterocycles. The number of hydrogen-bond acceptors (Lipinski definition) is 4. The van der Waals surface area contributed by atoms with Crippen molar-refractivity contribution >= 4 is 17.5 Å². The molecule has 82 valence electrons. The van der Waals surface area contributed by atoms with Gasteiger partial charge < -0.3 is 4.74 Å². The van der Waals surface area contributed by atoms with Crippen molar-refractivity contribution in [2.24, 2.45) is 16.7 Å². The van der Waals surface area contributed by atoms with Crippen molar-refractivity contribution in [3.63, 3.8) is 0 Å².